The zero-order valence-corrected chi connectivity index (χ0v) is 12.4. The molecule has 0 aliphatic rings. The average Bonchev–Trinajstić information content (AvgIpc) is 2.27. The molecule has 18 heavy (non-hydrogen) atoms. The third-order valence-electron chi connectivity index (χ3n) is 2.66. The van der Waals surface area contributed by atoms with Gasteiger partial charge in [-0.3, -0.25) is 0 Å². The van der Waals surface area contributed by atoms with Crippen LogP contribution in [0.5, 0.6) is 5.75 Å². The third kappa shape index (κ3) is 5.54. The summed E-state index contributed by atoms with van der Waals surface area (Å²) in [7, 11) is 0. The van der Waals surface area contributed by atoms with E-state index >= 15 is 0 Å². The van der Waals surface area contributed by atoms with E-state index in [2.05, 4.69) is 58.1 Å². The van der Waals surface area contributed by atoms with Crippen LogP contribution in [0.2, 0.25) is 0 Å². The maximum Gasteiger partial charge on any atom is 0.123 e. The highest BCUT2D eigenvalue weighted by molar-refractivity contribution is 5.36. The van der Waals surface area contributed by atoms with E-state index in [1.165, 1.54) is 11.1 Å². The van der Waals surface area contributed by atoms with Crippen molar-refractivity contribution in [2.24, 2.45) is 11.8 Å². The maximum atomic E-state index is 5.87. The Labute approximate surface area is 112 Å². The molecule has 1 aromatic carbocycles. The van der Waals surface area contributed by atoms with Crippen LogP contribution in [-0.2, 0) is 6.54 Å². The predicted molar refractivity (Wildman–Crippen MR) is 78.1 cm³/mol. The van der Waals surface area contributed by atoms with Crippen LogP contribution < -0.4 is 10.1 Å². The lowest BCUT2D eigenvalue weighted by Crippen LogP contribution is -2.19. The van der Waals surface area contributed by atoms with E-state index < -0.39 is 0 Å². The van der Waals surface area contributed by atoms with Crippen molar-refractivity contribution in [3.8, 4) is 5.75 Å². The summed E-state index contributed by atoms with van der Waals surface area (Å²) in [5, 5.41) is 3.48. The summed E-state index contributed by atoms with van der Waals surface area (Å²) in [6, 6.07) is 6.41. The minimum absolute atomic E-state index is 0.558. The summed E-state index contributed by atoms with van der Waals surface area (Å²) in [6.45, 7) is 13.6. The normalized spacial score (nSPS) is 11.3. The van der Waals surface area contributed by atoms with Crippen molar-refractivity contribution in [3.63, 3.8) is 0 Å². The number of benzene rings is 1. The van der Waals surface area contributed by atoms with Crippen molar-refractivity contribution in [3.05, 3.63) is 29.3 Å². The van der Waals surface area contributed by atoms with Crippen LogP contribution in [0.3, 0.4) is 0 Å². The van der Waals surface area contributed by atoms with Gasteiger partial charge in [-0.2, -0.15) is 0 Å². The lowest BCUT2D eigenvalue weighted by Gasteiger charge is -2.15. The molecule has 0 spiro atoms. The molecule has 0 fully saturated rings. The van der Waals surface area contributed by atoms with Crippen molar-refractivity contribution in [2.45, 2.75) is 41.2 Å². The fourth-order valence-electron chi connectivity index (χ4n) is 1.74. The zero-order valence-electron chi connectivity index (χ0n) is 12.4. The summed E-state index contributed by atoms with van der Waals surface area (Å²) in [4.78, 5) is 0. The highest BCUT2D eigenvalue weighted by atomic mass is 16.5. The molecule has 0 unspecified atom stereocenters. The summed E-state index contributed by atoms with van der Waals surface area (Å²) >= 11 is 0. The van der Waals surface area contributed by atoms with Gasteiger partial charge >= 0.3 is 0 Å². The van der Waals surface area contributed by atoms with E-state index in [1.54, 1.807) is 0 Å². The Morgan fingerprint density at radius 2 is 1.83 bits per heavy atom. The molecule has 1 rings (SSSR count). The lowest BCUT2D eigenvalue weighted by atomic mass is 10.1. The van der Waals surface area contributed by atoms with Crippen molar-refractivity contribution < 1.29 is 4.74 Å². The minimum Gasteiger partial charge on any atom is -0.493 e. The Kier molecular flexibility index (Phi) is 6.20. The molecule has 102 valence electrons. The van der Waals surface area contributed by atoms with Gasteiger partial charge in [0.15, 0.2) is 0 Å². The number of hydrogen-bond donors (Lipinski definition) is 1. The maximum absolute atomic E-state index is 5.87. The standard InChI is InChI=1S/C16H27NO/c1-12(2)9-17-10-15-8-14(5)6-7-16(15)18-11-13(3)4/h6-8,12-13,17H,9-11H2,1-5H3. The second-order valence-corrected chi connectivity index (χ2v) is 5.84. The van der Waals surface area contributed by atoms with Crippen LogP contribution in [0, 0.1) is 18.8 Å². The monoisotopic (exact) mass is 249 g/mol. The Balaban J connectivity index is 2.64. The minimum atomic E-state index is 0.558. The number of ether oxygens (including phenoxy) is 1. The Hall–Kier alpha value is -1.02. The number of nitrogens with one attached hydrogen (secondary N) is 1. The lowest BCUT2D eigenvalue weighted by molar-refractivity contribution is 0.268. The molecule has 1 N–H and O–H groups in total. The van der Waals surface area contributed by atoms with E-state index in [9.17, 15) is 0 Å². The van der Waals surface area contributed by atoms with Crippen molar-refractivity contribution >= 4 is 0 Å². The van der Waals surface area contributed by atoms with Gasteiger partial charge in [0.1, 0.15) is 5.75 Å². The number of hydrogen-bond acceptors (Lipinski definition) is 2. The van der Waals surface area contributed by atoms with E-state index in [0.717, 1.165) is 25.4 Å². The first-order chi connectivity index (χ1) is 8.49. The fraction of sp³-hybridized carbons (Fsp3) is 0.625. The van der Waals surface area contributed by atoms with Crippen molar-refractivity contribution in [1.29, 1.82) is 0 Å². The van der Waals surface area contributed by atoms with Crippen LogP contribution in [0.1, 0.15) is 38.8 Å². The first kappa shape index (κ1) is 15.0. The summed E-state index contributed by atoms with van der Waals surface area (Å²) in [6.07, 6.45) is 0. The Morgan fingerprint density at radius 3 is 2.44 bits per heavy atom. The van der Waals surface area contributed by atoms with Crippen LogP contribution in [0.25, 0.3) is 0 Å². The second-order valence-electron chi connectivity index (χ2n) is 5.84. The van der Waals surface area contributed by atoms with Gasteiger partial charge in [-0.25, -0.2) is 0 Å². The van der Waals surface area contributed by atoms with E-state index in [4.69, 9.17) is 4.74 Å². The highest BCUT2D eigenvalue weighted by Crippen LogP contribution is 2.20. The largest absolute Gasteiger partial charge is 0.493 e. The Morgan fingerprint density at radius 1 is 1.11 bits per heavy atom. The average molecular weight is 249 g/mol. The van der Waals surface area contributed by atoms with Crippen molar-refractivity contribution in [1.82, 2.24) is 5.32 Å². The molecule has 0 atom stereocenters. The summed E-state index contributed by atoms with van der Waals surface area (Å²) in [5.41, 5.74) is 2.55. The van der Waals surface area contributed by atoms with Crippen LogP contribution >= 0.6 is 0 Å². The fourth-order valence-corrected chi connectivity index (χ4v) is 1.74. The SMILES string of the molecule is Cc1ccc(OCC(C)C)c(CNCC(C)C)c1. The molecular formula is C16H27NO. The molecule has 0 radical (unpaired) electrons. The summed E-state index contributed by atoms with van der Waals surface area (Å²) in [5.74, 6) is 2.25. The molecule has 0 saturated heterocycles. The molecule has 0 aliphatic carbocycles. The molecule has 0 saturated carbocycles. The van der Waals surface area contributed by atoms with Gasteiger partial charge in [-0.15, -0.1) is 0 Å². The molecule has 2 heteroatoms. The third-order valence-corrected chi connectivity index (χ3v) is 2.66. The van der Waals surface area contributed by atoms with Crippen LogP contribution in [0.4, 0.5) is 0 Å². The van der Waals surface area contributed by atoms with Crippen molar-refractivity contribution in [2.75, 3.05) is 13.2 Å². The molecule has 0 heterocycles. The van der Waals surface area contributed by atoms with Gasteiger partial charge in [0, 0.05) is 12.1 Å². The molecule has 0 aliphatic heterocycles. The van der Waals surface area contributed by atoms with Gasteiger partial charge in [0.05, 0.1) is 6.61 Å². The number of aryl methyl sites for hydroxylation is 1. The molecule has 2 nitrogen and oxygen atoms in total. The van der Waals surface area contributed by atoms with Crippen LogP contribution in [0.15, 0.2) is 18.2 Å². The van der Waals surface area contributed by atoms with E-state index in [1.807, 2.05) is 0 Å². The Bertz CT molecular complexity index is 358. The molecule has 0 amide bonds. The van der Waals surface area contributed by atoms with E-state index in [-0.39, 0.29) is 0 Å². The molecular weight excluding hydrogens is 222 g/mol. The molecule has 1 aromatic rings. The quantitative estimate of drug-likeness (QED) is 0.794. The van der Waals surface area contributed by atoms with Gasteiger partial charge in [-0.1, -0.05) is 45.4 Å². The highest BCUT2D eigenvalue weighted by Gasteiger charge is 2.05. The van der Waals surface area contributed by atoms with Gasteiger partial charge < -0.3 is 10.1 Å². The molecule has 0 aromatic heterocycles. The summed E-state index contributed by atoms with van der Waals surface area (Å²) < 4.78 is 5.87. The number of rotatable bonds is 7. The zero-order chi connectivity index (χ0) is 13.5. The predicted octanol–water partition coefficient (Wildman–Crippen LogP) is 3.78. The van der Waals surface area contributed by atoms with Gasteiger partial charge in [-0.05, 0) is 31.4 Å². The second kappa shape index (κ2) is 7.42. The smallest absolute Gasteiger partial charge is 0.123 e. The van der Waals surface area contributed by atoms with Gasteiger partial charge in [0.2, 0.25) is 0 Å². The van der Waals surface area contributed by atoms with Gasteiger partial charge in [0.25, 0.3) is 0 Å². The van der Waals surface area contributed by atoms with E-state index in [0.29, 0.717) is 11.8 Å². The van der Waals surface area contributed by atoms with Crippen LogP contribution in [-0.4, -0.2) is 13.2 Å². The first-order valence-corrected chi connectivity index (χ1v) is 6.92. The first-order valence-electron chi connectivity index (χ1n) is 6.92. The molecule has 0 bridgehead atoms. The topological polar surface area (TPSA) is 21.3 Å².